The third-order valence-electron chi connectivity index (χ3n) is 6.81. The average molecular weight is 512 g/mol. The van der Waals surface area contributed by atoms with Gasteiger partial charge in [0.2, 0.25) is 11.9 Å². The van der Waals surface area contributed by atoms with Gasteiger partial charge in [0.25, 0.3) is 5.91 Å². The third-order valence-corrected chi connectivity index (χ3v) is 6.81. The smallest absolute Gasteiger partial charge is 0.258 e. The summed E-state index contributed by atoms with van der Waals surface area (Å²) in [5.41, 5.74) is 10.1. The number of hydrogen-bond donors (Lipinski definition) is 2. The molecule has 9 nitrogen and oxygen atoms in total. The fraction of sp³-hybridized carbons (Fsp3) is 0.310. The van der Waals surface area contributed by atoms with Gasteiger partial charge in [-0.1, -0.05) is 30.3 Å². The molecule has 0 bridgehead atoms. The maximum atomic E-state index is 13.3. The summed E-state index contributed by atoms with van der Waals surface area (Å²) in [4.78, 5) is 32.5. The number of benzene rings is 2. The monoisotopic (exact) mass is 511 g/mol. The van der Waals surface area contributed by atoms with Gasteiger partial charge < -0.3 is 10.6 Å². The van der Waals surface area contributed by atoms with Crippen molar-refractivity contribution in [2.24, 2.45) is 12.8 Å². The van der Waals surface area contributed by atoms with Crippen LogP contribution >= 0.6 is 0 Å². The zero-order chi connectivity index (χ0) is 26.5. The van der Waals surface area contributed by atoms with Crippen molar-refractivity contribution >= 4 is 17.8 Å². The van der Waals surface area contributed by atoms with Gasteiger partial charge in [-0.25, -0.2) is 4.98 Å². The molecule has 0 saturated carbocycles. The normalized spacial score (nSPS) is 15.4. The molecule has 1 atom stereocenters. The Kier molecular flexibility index (Phi) is 7.65. The molecule has 0 spiro atoms. The number of nitrogens with two attached hydrogens (primary N) is 1. The van der Waals surface area contributed by atoms with Crippen LogP contribution in [0.5, 0.6) is 0 Å². The third kappa shape index (κ3) is 6.00. The van der Waals surface area contributed by atoms with E-state index < -0.39 is 0 Å². The van der Waals surface area contributed by atoms with Crippen LogP contribution in [-0.4, -0.2) is 55.2 Å². The SMILES string of the molecule is Cn1cc(-c2cccc(C(=O)Nc3nc(CCCC(=O)N4CCC[C@H](N)C4)cn3-c3ccccc3)c2)cn1. The number of carbonyl (C=O) groups is 2. The van der Waals surface area contributed by atoms with Gasteiger partial charge in [-0.15, -0.1) is 0 Å². The number of anilines is 1. The zero-order valence-corrected chi connectivity index (χ0v) is 21.6. The number of hydrogen-bond acceptors (Lipinski definition) is 5. The van der Waals surface area contributed by atoms with Crippen LogP contribution in [0.1, 0.15) is 41.7 Å². The van der Waals surface area contributed by atoms with Crippen molar-refractivity contribution < 1.29 is 9.59 Å². The van der Waals surface area contributed by atoms with E-state index in [1.807, 2.05) is 77.4 Å². The Morgan fingerprint density at radius 3 is 2.68 bits per heavy atom. The lowest BCUT2D eigenvalue weighted by Gasteiger charge is -2.30. The minimum absolute atomic E-state index is 0.0745. The quantitative estimate of drug-likeness (QED) is 0.374. The molecule has 196 valence electrons. The van der Waals surface area contributed by atoms with Gasteiger partial charge in [-0.3, -0.25) is 24.2 Å². The van der Waals surface area contributed by atoms with E-state index in [4.69, 9.17) is 10.7 Å². The highest BCUT2D eigenvalue weighted by atomic mass is 16.2. The van der Waals surface area contributed by atoms with Crippen LogP contribution in [0.15, 0.2) is 73.2 Å². The Balaban J connectivity index is 1.30. The molecular weight excluding hydrogens is 478 g/mol. The molecule has 1 aliphatic heterocycles. The van der Waals surface area contributed by atoms with E-state index in [0.29, 0.717) is 37.3 Å². The van der Waals surface area contributed by atoms with Crippen molar-refractivity contribution in [2.75, 3.05) is 18.4 Å². The van der Waals surface area contributed by atoms with Gasteiger partial charge >= 0.3 is 0 Å². The van der Waals surface area contributed by atoms with Crippen LogP contribution in [0.3, 0.4) is 0 Å². The largest absolute Gasteiger partial charge is 0.341 e. The number of likely N-dealkylation sites (tertiary alicyclic amines) is 1. The summed E-state index contributed by atoms with van der Waals surface area (Å²) in [6.45, 7) is 1.42. The van der Waals surface area contributed by atoms with Gasteiger partial charge in [-0.2, -0.15) is 5.10 Å². The first-order chi connectivity index (χ1) is 18.5. The Bertz CT molecular complexity index is 1410. The number of amides is 2. The predicted molar refractivity (Wildman–Crippen MR) is 147 cm³/mol. The Morgan fingerprint density at radius 1 is 1.08 bits per heavy atom. The maximum absolute atomic E-state index is 13.3. The molecule has 3 N–H and O–H groups in total. The molecular formula is C29H33N7O2. The molecule has 3 heterocycles. The van der Waals surface area contributed by atoms with Crippen molar-refractivity contribution in [3.63, 3.8) is 0 Å². The van der Waals surface area contributed by atoms with Crippen molar-refractivity contribution in [1.82, 2.24) is 24.2 Å². The van der Waals surface area contributed by atoms with E-state index in [9.17, 15) is 9.59 Å². The fourth-order valence-electron chi connectivity index (χ4n) is 4.82. The number of aromatic nitrogens is 4. The minimum Gasteiger partial charge on any atom is -0.341 e. The van der Waals surface area contributed by atoms with E-state index in [1.165, 1.54) is 0 Å². The summed E-state index contributed by atoms with van der Waals surface area (Å²) >= 11 is 0. The molecule has 4 aromatic rings. The lowest BCUT2D eigenvalue weighted by molar-refractivity contribution is -0.132. The van der Waals surface area contributed by atoms with Gasteiger partial charge in [-0.05, 0) is 55.5 Å². The summed E-state index contributed by atoms with van der Waals surface area (Å²) in [5, 5.41) is 7.21. The van der Waals surface area contributed by atoms with Gasteiger partial charge in [0, 0.05) is 61.8 Å². The number of carbonyl (C=O) groups excluding carboxylic acids is 2. The molecule has 0 radical (unpaired) electrons. The highest BCUT2D eigenvalue weighted by Crippen LogP contribution is 2.22. The van der Waals surface area contributed by atoms with Crippen LogP contribution in [0, 0.1) is 0 Å². The number of piperidine rings is 1. The van der Waals surface area contributed by atoms with Crippen LogP contribution in [0.25, 0.3) is 16.8 Å². The summed E-state index contributed by atoms with van der Waals surface area (Å²) in [7, 11) is 1.86. The number of rotatable bonds is 8. The van der Waals surface area contributed by atoms with E-state index in [-0.39, 0.29) is 17.9 Å². The second-order valence-electron chi connectivity index (χ2n) is 9.79. The number of nitrogens with zero attached hydrogens (tertiary/aromatic N) is 5. The highest BCUT2D eigenvalue weighted by molar-refractivity contribution is 6.04. The minimum atomic E-state index is -0.248. The molecule has 38 heavy (non-hydrogen) atoms. The first-order valence-corrected chi connectivity index (χ1v) is 13.0. The predicted octanol–water partition coefficient (Wildman–Crippen LogP) is 3.80. The second-order valence-corrected chi connectivity index (χ2v) is 9.79. The topological polar surface area (TPSA) is 111 Å². The van der Waals surface area contributed by atoms with E-state index >= 15 is 0 Å². The average Bonchev–Trinajstić information content (AvgIpc) is 3.55. The second kappa shape index (κ2) is 11.4. The molecule has 0 aliphatic carbocycles. The molecule has 1 aliphatic rings. The van der Waals surface area contributed by atoms with Crippen molar-refractivity contribution in [2.45, 2.75) is 38.1 Å². The molecule has 2 amide bonds. The number of aryl methyl sites for hydroxylation is 2. The summed E-state index contributed by atoms with van der Waals surface area (Å²) < 4.78 is 3.61. The molecule has 2 aromatic heterocycles. The Labute approximate surface area is 222 Å². The Hall–Kier alpha value is -4.24. The molecule has 0 unspecified atom stereocenters. The molecule has 5 rings (SSSR count). The molecule has 1 fully saturated rings. The summed E-state index contributed by atoms with van der Waals surface area (Å²) in [6.07, 6.45) is 9.31. The van der Waals surface area contributed by atoms with Gasteiger partial charge in [0.1, 0.15) is 0 Å². The van der Waals surface area contributed by atoms with Crippen molar-refractivity contribution in [3.05, 3.63) is 84.4 Å². The summed E-state index contributed by atoms with van der Waals surface area (Å²) in [5.74, 6) is 0.336. The molecule has 2 aromatic carbocycles. The van der Waals surface area contributed by atoms with Gasteiger partial charge in [0.05, 0.1) is 11.9 Å². The molecule has 9 heteroatoms. The number of para-hydroxylation sites is 1. The van der Waals surface area contributed by atoms with E-state index in [0.717, 1.165) is 41.9 Å². The van der Waals surface area contributed by atoms with Crippen LogP contribution in [-0.2, 0) is 18.3 Å². The van der Waals surface area contributed by atoms with Crippen LogP contribution in [0.2, 0.25) is 0 Å². The Morgan fingerprint density at radius 2 is 1.92 bits per heavy atom. The standard InChI is InChI=1S/C29H33N7O2/c1-34-18-23(17-31-34)21-8-5-9-22(16-21)28(38)33-29-32-25(20-36(29)26-12-3-2-4-13-26)11-6-14-27(37)35-15-7-10-24(30)19-35/h2-5,8-9,12-13,16-18,20,24H,6-7,10-11,14-15,19,30H2,1H3,(H,32,33,38)/t24-/m0/s1. The number of nitrogens with one attached hydrogen (secondary N) is 1. The fourth-order valence-corrected chi connectivity index (χ4v) is 4.82. The van der Waals surface area contributed by atoms with E-state index in [2.05, 4.69) is 10.4 Å². The van der Waals surface area contributed by atoms with Gasteiger partial charge in [0.15, 0.2) is 0 Å². The summed E-state index contributed by atoms with van der Waals surface area (Å²) in [6, 6.07) is 17.3. The van der Waals surface area contributed by atoms with Crippen molar-refractivity contribution in [3.8, 4) is 16.8 Å². The number of imidazole rings is 1. The van der Waals surface area contributed by atoms with Crippen molar-refractivity contribution in [1.29, 1.82) is 0 Å². The lowest BCUT2D eigenvalue weighted by Crippen LogP contribution is -2.45. The lowest BCUT2D eigenvalue weighted by atomic mass is 10.1. The van der Waals surface area contributed by atoms with Crippen LogP contribution in [0.4, 0.5) is 5.95 Å². The maximum Gasteiger partial charge on any atom is 0.258 e. The first kappa shape index (κ1) is 25.4. The highest BCUT2D eigenvalue weighted by Gasteiger charge is 2.21. The zero-order valence-electron chi connectivity index (χ0n) is 21.6. The first-order valence-electron chi connectivity index (χ1n) is 13.0. The van der Waals surface area contributed by atoms with Crippen LogP contribution < -0.4 is 11.1 Å². The van der Waals surface area contributed by atoms with E-state index in [1.54, 1.807) is 16.9 Å². The molecule has 1 saturated heterocycles.